The summed E-state index contributed by atoms with van der Waals surface area (Å²) in [6.45, 7) is 20.4. The monoisotopic (exact) mass is 718 g/mol. The van der Waals surface area contributed by atoms with E-state index in [-0.39, 0.29) is 52.5 Å². The third kappa shape index (κ3) is 9.56. The van der Waals surface area contributed by atoms with Crippen molar-refractivity contribution in [2.45, 2.75) is 105 Å². The van der Waals surface area contributed by atoms with Crippen LogP contribution in [0.4, 0.5) is 0 Å². The van der Waals surface area contributed by atoms with E-state index in [0.717, 1.165) is 0 Å². The molecule has 15 heteroatoms. The van der Waals surface area contributed by atoms with Crippen LogP contribution in [0.3, 0.4) is 0 Å². The van der Waals surface area contributed by atoms with Crippen LogP contribution in [0.25, 0.3) is 5.70 Å². The lowest BCUT2D eigenvalue weighted by Gasteiger charge is -2.19. The highest BCUT2D eigenvalue weighted by Crippen LogP contribution is 2.29. The van der Waals surface area contributed by atoms with E-state index in [1.165, 1.54) is 25.1 Å². The molecule has 4 atom stereocenters. The van der Waals surface area contributed by atoms with Crippen molar-refractivity contribution in [3.63, 3.8) is 0 Å². The molecule has 4 N–H and O–H groups in total. The van der Waals surface area contributed by atoms with E-state index in [4.69, 9.17) is 17.7 Å². The highest BCUT2D eigenvalue weighted by molar-refractivity contribution is 5.93. The van der Waals surface area contributed by atoms with Crippen molar-refractivity contribution in [3.05, 3.63) is 78.0 Å². The summed E-state index contributed by atoms with van der Waals surface area (Å²) in [4.78, 5) is 58.7. The summed E-state index contributed by atoms with van der Waals surface area (Å²) >= 11 is 0. The molecule has 0 fully saturated rings. The van der Waals surface area contributed by atoms with Gasteiger partial charge in [0.05, 0.1) is 5.70 Å². The highest BCUT2D eigenvalue weighted by atomic mass is 16.4. The van der Waals surface area contributed by atoms with Gasteiger partial charge in [-0.1, -0.05) is 62.0 Å². The smallest absolute Gasteiger partial charge is 0.273 e. The number of nitrogens with zero attached hydrogens (tertiary/aromatic N) is 4. The van der Waals surface area contributed by atoms with Crippen LogP contribution >= 0.6 is 0 Å². The third-order valence-corrected chi connectivity index (χ3v) is 8.38. The number of aromatic nitrogens is 4. The Balaban J connectivity index is 1.54. The summed E-state index contributed by atoms with van der Waals surface area (Å²) in [7, 11) is 0. The number of hydrogen-bond acceptors (Lipinski definition) is 12. The molecule has 4 aromatic heterocycles. The Bertz CT molecular complexity index is 1580. The first kappa shape index (κ1) is 38.0. The van der Waals surface area contributed by atoms with Crippen molar-refractivity contribution < 1.29 is 32.1 Å². The number of rotatable bonds is 8. The largest absolute Gasteiger partial charge is 0.446 e. The second-order valence-corrected chi connectivity index (χ2v) is 15.1. The zero-order valence-electron chi connectivity index (χ0n) is 31.1. The van der Waals surface area contributed by atoms with Gasteiger partial charge < -0.3 is 38.9 Å². The van der Waals surface area contributed by atoms with Gasteiger partial charge in [-0.25, -0.2) is 19.9 Å². The Morgan fingerprint density at radius 3 is 1.02 bits per heavy atom. The molecule has 5 heterocycles. The van der Waals surface area contributed by atoms with Crippen molar-refractivity contribution in [1.82, 2.24) is 41.2 Å². The molecule has 0 aromatic carbocycles. The Labute approximate surface area is 303 Å². The second-order valence-electron chi connectivity index (χ2n) is 15.1. The maximum Gasteiger partial charge on any atom is 0.273 e. The Hall–Kier alpha value is -5.21. The van der Waals surface area contributed by atoms with Gasteiger partial charge in [0, 0.05) is 0 Å². The number of carbonyl (C=O) groups excluding carboxylic acids is 3. The van der Waals surface area contributed by atoms with E-state index in [2.05, 4.69) is 61.6 Å². The molecule has 1 aliphatic heterocycles. The first-order valence-corrected chi connectivity index (χ1v) is 17.9. The van der Waals surface area contributed by atoms with Gasteiger partial charge in [0.2, 0.25) is 23.6 Å². The minimum absolute atomic E-state index is 0.0131. The van der Waals surface area contributed by atoms with Gasteiger partial charge in [0.25, 0.3) is 17.7 Å². The van der Waals surface area contributed by atoms with E-state index in [0.29, 0.717) is 48.9 Å². The molecule has 0 saturated heterocycles. The fraction of sp³-hybridized carbons (Fsp3) is 0.541. The molecule has 8 bridgehead atoms. The molecule has 0 saturated carbocycles. The van der Waals surface area contributed by atoms with Crippen LogP contribution < -0.4 is 21.3 Å². The van der Waals surface area contributed by atoms with Crippen LogP contribution in [-0.2, 0) is 0 Å². The van der Waals surface area contributed by atoms with Gasteiger partial charge in [-0.05, 0) is 49.4 Å². The Kier molecular flexibility index (Phi) is 12.0. The lowest BCUT2D eigenvalue weighted by Crippen LogP contribution is -2.32. The van der Waals surface area contributed by atoms with Crippen LogP contribution in [0, 0.1) is 23.7 Å². The minimum atomic E-state index is -0.675. The van der Waals surface area contributed by atoms with E-state index >= 15 is 0 Å². The molecule has 0 aliphatic carbocycles. The minimum Gasteiger partial charge on any atom is -0.446 e. The van der Waals surface area contributed by atoms with Gasteiger partial charge in [0.1, 0.15) is 54.9 Å². The van der Waals surface area contributed by atoms with Crippen LogP contribution in [0.1, 0.15) is 166 Å². The molecule has 280 valence electrons. The molecule has 15 nitrogen and oxygen atoms in total. The number of hydrogen-bond donors (Lipinski definition) is 4. The highest BCUT2D eigenvalue weighted by Gasteiger charge is 2.30. The van der Waals surface area contributed by atoms with E-state index in [9.17, 15) is 14.4 Å². The third-order valence-electron chi connectivity index (χ3n) is 8.38. The molecule has 0 spiro atoms. The van der Waals surface area contributed by atoms with Crippen LogP contribution in [0.2, 0.25) is 0 Å². The molecule has 0 radical (unpaired) electrons. The van der Waals surface area contributed by atoms with Gasteiger partial charge in [-0.15, -0.1) is 0 Å². The molecular weight excluding hydrogens is 668 g/mol. The van der Waals surface area contributed by atoms with Crippen molar-refractivity contribution in [2.24, 2.45) is 23.7 Å². The fourth-order valence-electron chi connectivity index (χ4n) is 5.99. The zero-order chi connectivity index (χ0) is 37.7. The quantitative estimate of drug-likeness (QED) is 0.148. The number of oxazole rings is 4. The first-order chi connectivity index (χ1) is 24.7. The predicted octanol–water partition coefficient (Wildman–Crippen LogP) is 6.85. The summed E-state index contributed by atoms with van der Waals surface area (Å²) in [6.07, 6.45) is 7.37. The van der Waals surface area contributed by atoms with Crippen molar-refractivity contribution >= 4 is 23.4 Å². The average molecular weight is 719 g/mol. The van der Waals surface area contributed by atoms with Crippen LogP contribution in [0.15, 0.2) is 49.3 Å². The topological polar surface area (TPSA) is 203 Å². The SMILES string of the molecule is C=C1NC(CC(C)C)c2nc(co2)C(=O)NC(CC(C)C)c2nc(co2)C(=O)NC(CC(C)C)c2nc(co2)C(=O)NC(CC(C)C)c2nc1co2. The maximum absolute atomic E-state index is 13.5. The van der Waals surface area contributed by atoms with Gasteiger partial charge >= 0.3 is 0 Å². The van der Waals surface area contributed by atoms with Crippen LogP contribution in [-0.4, -0.2) is 37.7 Å². The summed E-state index contributed by atoms with van der Waals surface area (Å²) < 4.78 is 23.3. The second kappa shape index (κ2) is 16.4. The summed E-state index contributed by atoms with van der Waals surface area (Å²) in [5, 5.41) is 12.2. The molecular formula is C37H50N8O7. The lowest BCUT2D eigenvalue weighted by atomic mass is 10.0. The normalized spacial score (nSPS) is 20.5. The number of amides is 3. The van der Waals surface area contributed by atoms with Crippen molar-refractivity contribution in [2.75, 3.05) is 0 Å². The Morgan fingerprint density at radius 2 is 0.731 bits per heavy atom. The summed E-state index contributed by atoms with van der Waals surface area (Å²) in [5.41, 5.74) is 1.01. The zero-order valence-corrected chi connectivity index (χ0v) is 31.1. The number of fused-ring (bicyclic) bond motifs is 8. The van der Waals surface area contributed by atoms with E-state index in [1.54, 1.807) is 0 Å². The fourth-order valence-corrected chi connectivity index (χ4v) is 5.99. The van der Waals surface area contributed by atoms with Crippen LogP contribution in [0.5, 0.6) is 0 Å². The molecule has 5 rings (SSSR count). The van der Waals surface area contributed by atoms with Gasteiger partial charge in [-0.3, -0.25) is 14.4 Å². The van der Waals surface area contributed by atoms with Crippen molar-refractivity contribution in [1.29, 1.82) is 0 Å². The molecule has 52 heavy (non-hydrogen) atoms. The molecule has 1 aliphatic rings. The summed E-state index contributed by atoms with van der Waals surface area (Å²) in [6, 6.07) is -2.38. The summed E-state index contributed by atoms with van der Waals surface area (Å²) in [5.74, 6) is 0.0936. The van der Waals surface area contributed by atoms with E-state index < -0.39 is 41.9 Å². The van der Waals surface area contributed by atoms with Gasteiger partial charge in [0.15, 0.2) is 17.1 Å². The van der Waals surface area contributed by atoms with E-state index in [1.807, 2.05) is 41.5 Å². The average Bonchev–Trinajstić information content (AvgIpc) is 3.88. The predicted molar refractivity (Wildman–Crippen MR) is 189 cm³/mol. The number of nitrogens with one attached hydrogen (secondary N) is 4. The molecule has 3 amide bonds. The maximum atomic E-state index is 13.5. The number of carbonyl (C=O) groups is 3. The molecule has 4 unspecified atom stereocenters. The lowest BCUT2D eigenvalue weighted by molar-refractivity contribution is 0.0911. The first-order valence-electron chi connectivity index (χ1n) is 17.9. The standard InChI is InChI=1S/C37H50N8O7/c1-18(2)10-23-34-43-28(15-50-34)31(46)40-25(12-20(5)6)36-45-30(17-52-36)33(48)41-26(13-21(7)8)37-44-29(16-51-37)32(47)39-24(11-19(3)4)35-42-27(14-49-35)22(9)38-23/h14-21,23-26,38H,9-13H2,1-8H3,(H,39,47)(H,40,46)(H,41,48). The van der Waals surface area contributed by atoms with Crippen molar-refractivity contribution in [3.8, 4) is 0 Å². The molecule has 4 aromatic rings. The van der Waals surface area contributed by atoms with Gasteiger partial charge in [-0.2, -0.15) is 0 Å². The Morgan fingerprint density at radius 1 is 0.481 bits per heavy atom.